The molecule has 152 valence electrons. The smallest absolute Gasteiger partial charge is 0.353 e. The van der Waals surface area contributed by atoms with Crippen LogP contribution in [0, 0.1) is 11.8 Å². The Morgan fingerprint density at radius 2 is 2.22 bits per heavy atom. The van der Waals surface area contributed by atoms with Gasteiger partial charge in [0.05, 0.1) is 18.1 Å². The topological polar surface area (TPSA) is 102 Å². The average Bonchev–Trinajstić information content (AvgIpc) is 3.10. The van der Waals surface area contributed by atoms with Crippen LogP contribution in [0.25, 0.3) is 0 Å². The van der Waals surface area contributed by atoms with Crippen molar-refractivity contribution in [3.8, 4) is 0 Å². The monoisotopic (exact) mass is 401 g/mol. The summed E-state index contributed by atoms with van der Waals surface area (Å²) in [6, 6.07) is -0.220. The van der Waals surface area contributed by atoms with Crippen molar-refractivity contribution in [3.05, 3.63) is 10.6 Å². The number of halogens is 1. The Hall–Kier alpha value is -1.16. The Morgan fingerprint density at radius 3 is 2.81 bits per heavy atom. The van der Waals surface area contributed by atoms with E-state index in [1.54, 1.807) is 14.0 Å². The normalized spacial score (nSPS) is 35.2. The van der Waals surface area contributed by atoms with Crippen molar-refractivity contribution in [1.29, 1.82) is 0 Å². The Kier molecular flexibility index (Phi) is 6.14. The molecule has 0 spiro atoms. The van der Waals surface area contributed by atoms with Gasteiger partial charge in [0.25, 0.3) is 0 Å². The highest BCUT2D eigenvalue weighted by atomic mass is 32.2. The number of aliphatic carboxylic acids is 1. The fourth-order valence-electron chi connectivity index (χ4n) is 4.52. The SMILES string of the molecule is CNCC(F)C[C@H]1C[C@H](SC2=C(C(=O)O)N3C(=O)[C@H]([C@@H](C)O)[C@H]3[C@H]2C)CN1. The van der Waals surface area contributed by atoms with E-state index in [0.717, 1.165) is 6.42 Å². The first kappa shape index (κ1) is 20.6. The molecule has 2 fully saturated rings. The van der Waals surface area contributed by atoms with E-state index in [2.05, 4.69) is 10.6 Å². The van der Waals surface area contributed by atoms with E-state index in [1.165, 1.54) is 16.7 Å². The number of rotatable bonds is 8. The number of carboxylic acids is 1. The highest BCUT2D eigenvalue weighted by molar-refractivity contribution is 8.03. The van der Waals surface area contributed by atoms with Gasteiger partial charge in [-0.3, -0.25) is 4.79 Å². The van der Waals surface area contributed by atoms with Crippen LogP contribution in [-0.4, -0.2) is 76.7 Å². The molecule has 27 heavy (non-hydrogen) atoms. The zero-order chi connectivity index (χ0) is 19.9. The van der Waals surface area contributed by atoms with Crippen molar-refractivity contribution in [2.45, 2.75) is 56.3 Å². The molecule has 7 atom stereocenters. The Bertz CT molecular complexity index is 644. The Balaban J connectivity index is 1.69. The summed E-state index contributed by atoms with van der Waals surface area (Å²) in [6.45, 7) is 4.49. The van der Waals surface area contributed by atoms with Crippen molar-refractivity contribution in [3.63, 3.8) is 0 Å². The van der Waals surface area contributed by atoms with E-state index in [9.17, 15) is 24.2 Å². The standard InChI is InChI=1S/C18H28FN3O4S/c1-8-14-13(9(2)23)17(24)22(14)15(18(25)26)16(8)27-12-5-11(21-7-12)4-10(19)6-20-3/h8-14,20-21,23H,4-7H2,1-3H3,(H,25,26)/t8-,9-,10?,11+,12+,13-,14-/m1/s1. The van der Waals surface area contributed by atoms with Crippen LogP contribution in [0.15, 0.2) is 10.6 Å². The molecule has 0 aromatic rings. The first-order chi connectivity index (χ1) is 12.8. The third-order valence-electron chi connectivity index (χ3n) is 5.75. The van der Waals surface area contributed by atoms with Crippen LogP contribution >= 0.6 is 11.8 Å². The summed E-state index contributed by atoms with van der Waals surface area (Å²) in [5.74, 6) is -2.10. The molecule has 0 saturated carbocycles. The number of aliphatic hydroxyl groups excluding tert-OH is 1. The number of fused-ring (bicyclic) bond motifs is 1. The van der Waals surface area contributed by atoms with Gasteiger partial charge in [-0.05, 0) is 26.8 Å². The molecule has 0 radical (unpaired) electrons. The minimum atomic E-state index is -1.11. The van der Waals surface area contributed by atoms with E-state index in [4.69, 9.17) is 0 Å². The minimum Gasteiger partial charge on any atom is -0.477 e. The highest BCUT2D eigenvalue weighted by Crippen LogP contribution is 2.51. The van der Waals surface area contributed by atoms with Crippen LogP contribution < -0.4 is 10.6 Å². The third kappa shape index (κ3) is 3.74. The molecule has 3 aliphatic rings. The maximum absolute atomic E-state index is 13.8. The maximum atomic E-state index is 13.8. The molecule has 0 aromatic heterocycles. The first-order valence-electron chi connectivity index (χ1n) is 9.43. The third-order valence-corrected chi connectivity index (χ3v) is 7.26. The second kappa shape index (κ2) is 8.06. The van der Waals surface area contributed by atoms with Gasteiger partial charge >= 0.3 is 5.97 Å². The molecule has 1 unspecified atom stereocenters. The lowest BCUT2D eigenvalue weighted by molar-refractivity contribution is -0.163. The van der Waals surface area contributed by atoms with Gasteiger partial charge in [-0.1, -0.05) is 6.92 Å². The summed E-state index contributed by atoms with van der Waals surface area (Å²) in [4.78, 5) is 26.2. The van der Waals surface area contributed by atoms with Gasteiger partial charge in [-0.25, -0.2) is 9.18 Å². The number of nitrogens with zero attached hydrogens (tertiary/aromatic N) is 1. The van der Waals surface area contributed by atoms with Crippen LogP contribution in [0.5, 0.6) is 0 Å². The van der Waals surface area contributed by atoms with E-state index in [0.29, 0.717) is 24.4 Å². The minimum absolute atomic E-state index is 0.0569. The largest absolute Gasteiger partial charge is 0.477 e. The van der Waals surface area contributed by atoms with E-state index < -0.39 is 24.2 Å². The molecule has 0 aromatic carbocycles. The zero-order valence-corrected chi connectivity index (χ0v) is 16.6. The van der Waals surface area contributed by atoms with Crippen molar-refractivity contribution in [1.82, 2.24) is 15.5 Å². The number of amides is 1. The zero-order valence-electron chi connectivity index (χ0n) is 15.8. The predicted octanol–water partition coefficient (Wildman–Crippen LogP) is 0.551. The van der Waals surface area contributed by atoms with Crippen molar-refractivity contribution in [2.75, 3.05) is 20.1 Å². The van der Waals surface area contributed by atoms with Crippen LogP contribution in [0.2, 0.25) is 0 Å². The van der Waals surface area contributed by atoms with Crippen LogP contribution in [0.3, 0.4) is 0 Å². The predicted molar refractivity (Wildman–Crippen MR) is 101 cm³/mol. The summed E-state index contributed by atoms with van der Waals surface area (Å²) in [6.07, 6.45) is -0.528. The van der Waals surface area contributed by atoms with Crippen molar-refractivity contribution >= 4 is 23.6 Å². The molecule has 0 bridgehead atoms. The number of carbonyl (C=O) groups is 2. The fourth-order valence-corrected chi connectivity index (χ4v) is 6.04. The number of hydrogen-bond donors (Lipinski definition) is 4. The molecule has 2 saturated heterocycles. The van der Waals surface area contributed by atoms with Gasteiger partial charge in [-0.2, -0.15) is 0 Å². The van der Waals surface area contributed by atoms with Gasteiger partial charge in [-0.15, -0.1) is 11.8 Å². The number of thioether (sulfide) groups is 1. The van der Waals surface area contributed by atoms with Gasteiger partial charge < -0.3 is 25.7 Å². The quantitative estimate of drug-likeness (QED) is 0.441. The van der Waals surface area contributed by atoms with Gasteiger partial charge in [0.1, 0.15) is 11.9 Å². The maximum Gasteiger partial charge on any atom is 0.353 e. The Labute approximate surface area is 162 Å². The number of carbonyl (C=O) groups excluding carboxylic acids is 1. The second-order valence-corrected chi connectivity index (χ2v) is 9.09. The molecule has 7 nitrogen and oxygen atoms in total. The van der Waals surface area contributed by atoms with Crippen LogP contribution in [0.1, 0.15) is 26.7 Å². The Morgan fingerprint density at radius 1 is 1.52 bits per heavy atom. The molecule has 3 heterocycles. The molecule has 3 rings (SSSR count). The number of nitrogens with one attached hydrogen (secondary N) is 2. The fraction of sp³-hybridized carbons (Fsp3) is 0.778. The van der Waals surface area contributed by atoms with Crippen LogP contribution in [0.4, 0.5) is 4.39 Å². The molecule has 4 N–H and O–H groups in total. The van der Waals surface area contributed by atoms with E-state index in [1.807, 2.05) is 6.92 Å². The van der Waals surface area contributed by atoms with Crippen LogP contribution in [-0.2, 0) is 9.59 Å². The van der Waals surface area contributed by atoms with E-state index in [-0.39, 0.29) is 34.9 Å². The summed E-state index contributed by atoms with van der Waals surface area (Å²) >= 11 is 1.49. The summed E-state index contributed by atoms with van der Waals surface area (Å²) < 4.78 is 13.8. The van der Waals surface area contributed by atoms with Gasteiger partial charge in [0, 0.05) is 35.2 Å². The van der Waals surface area contributed by atoms with E-state index >= 15 is 0 Å². The lowest BCUT2D eigenvalue weighted by atomic mass is 9.79. The molecular formula is C18H28FN3O4S. The number of carboxylic acid groups (broad SMARTS) is 1. The number of β-lactam (4-membered cyclic amide) rings is 1. The molecule has 1 amide bonds. The summed E-state index contributed by atoms with van der Waals surface area (Å²) in [5.41, 5.74) is 0.0569. The number of alkyl halides is 1. The molecule has 9 heteroatoms. The van der Waals surface area contributed by atoms with Crippen molar-refractivity contribution < 1.29 is 24.2 Å². The molecule has 3 aliphatic heterocycles. The summed E-state index contributed by atoms with van der Waals surface area (Å²) in [7, 11) is 1.72. The lowest BCUT2D eigenvalue weighted by Crippen LogP contribution is -2.63. The highest BCUT2D eigenvalue weighted by Gasteiger charge is 2.60. The molecular weight excluding hydrogens is 373 g/mol. The van der Waals surface area contributed by atoms with Crippen molar-refractivity contribution in [2.24, 2.45) is 11.8 Å². The molecule has 0 aliphatic carbocycles. The lowest BCUT2D eigenvalue weighted by Gasteiger charge is -2.46. The first-order valence-corrected chi connectivity index (χ1v) is 10.3. The number of aliphatic hydroxyl groups is 1. The van der Waals surface area contributed by atoms with Gasteiger partial charge in [0.2, 0.25) is 5.91 Å². The summed E-state index contributed by atoms with van der Waals surface area (Å²) in [5, 5.41) is 25.9. The second-order valence-electron chi connectivity index (χ2n) is 7.74. The van der Waals surface area contributed by atoms with Gasteiger partial charge in [0.15, 0.2) is 0 Å². The number of hydrogen-bond acceptors (Lipinski definition) is 6. The average molecular weight is 402 g/mol.